The number of amides is 2. The minimum Gasteiger partial charge on any atom is -0.483 e. The molecule has 4 rings (SSSR count). The van der Waals surface area contributed by atoms with Crippen LogP contribution in [0.2, 0.25) is 0 Å². The molecule has 0 aliphatic carbocycles. The van der Waals surface area contributed by atoms with E-state index < -0.39 is 0 Å². The molecule has 0 radical (unpaired) electrons. The van der Waals surface area contributed by atoms with Gasteiger partial charge in [0.15, 0.2) is 6.61 Å². The molecule has 1 fully saturated rings. The molecule has 0 spiro atoms. The zero-order chi connectivity index (χ0) is 23.5. The summed E-state index contributed by atoms with van der Waals surface area (Å²) in [4.78, 5) is 32.4. The van der Waals surface area contributed by atoms with Crippen molar-refractivity contribution in [3.05, 3.63) is 70.9 Å². The number of nitrogens with zero attached hydrogens (tertiary/aromatic N) is 2. The van der Waals surface area contributed by atoms with Gasteiger partial charge in [0, 0.05) is 36.1 Å². The van der Waals surface area contributed by atoms with Gasteiger partial charge in [0.2, 0.25) is 0 Å². The molecule has 0 unspecified atom stereocenters. The molecule has 6 nitrogen and oxygen atoms in total. The molecule has 0 saturated carbocycles. The monoisotopic (exact) mass is 445 g/mol. The lowest BCUT2D eigenvalue weighted by molar-refractivity contribution is -0.132. The third kappa shape index (κ3) is 5.00. The summed E-state index contributed by atoms with van der Waals surface area (Å²) in [6.07, 6.45) is 0.811. The molecule has 33 heavy (non-hydrogen) atoms. The number of hydrogen-bond acceptors (Lipinski definition) is 4. The highest BCUT2D eigenvalue weighted by Crippen LogP contribution is 2.30. The smallest absolute Gasteiger partial charge is 0.260 e. The van der Waals surface area contributed by atoms with Crippen molar-refractivity contribution in [2.24, 2.45) is 0 Å². The predicted molar refractivity (Wildman–Crippen MR) is 130 cm³/mol. The Morgan fingerprint density at radius 3 is 2.58 bits per heavy atom. The van der Waals surface area contributed by atoms with E-state index in [2.05, 4.69) is 5.32 Å². The predicted octanol–water partition coefficient (Wildman–Crippen LogP) is 4.38. The number of fused-ring (bicyclic) bond motifs is 1. The van der Waals surface area contributed by atoms with E-state index in [-0.39, 0.29) is 30.4 Å². The van der Waals surface area contributed by atoms with Crippen molar-refractivity contribution >= 4 is 22.7 Å². The maximum absolute atomic E-state index is 12.9. The van der Waals surface area contributed by atoms with Crippen LogP contribution in [0, 0.1) is 13.8 Å². The topological polar surface area (TPSA) is 71.5 Å². The zero-order valence-corrected chi connectivity index (χ0v) is 19.7. The Balaban J connectivity index is 1.50. The van der Waals surface area contributed by atoms with E-state index in [9.17, 15) is 9.59 Å². The molecular formula is C27H31N3O3. The number of carbonyl (C=O) groups is 2. The molecule has 172 valence electrons. The minimum absolute atomic E-state index is 0.0195. The van der Waals surface area contributed by atoms with Crippen molar-refractivity contribution in [2.45, 2.75) is 46.1 Å². The molecule has 1 aromatic heterocycles. The minimum atomic E-state index is -0.0993. The van der Waals surface area contributed by atoms with Crippen LogP contribution in [-0.2, 0) is 4.79 Å². The molecule has 0 bridgehead atoms. The van der Waals surface area contributed by atoms with Crippen LogP contribution < -0.4 is 10.1 Å². The van der Waals surface area contributed by atoms with Gasteiger partial charge in [0.05, 0.1) is 11.1 Å². The molecule has 1 aliphatic heterocycles. The number of hydrogen-bond donors (Lipinski definition) is 1. The lowest BCUT2D eigenvalue weighted by Gasteiger charge is -2.19. The van der Waals surface area contributed by atoms with Crippen molar-refractivity contribution in [3.63, 3.8) is 0 Å². The number of likely N-dealkylation sites (tertiary alicyclic amines) is 1. The molecule has 1 N–H and O–H groups in total. The van der Waals surface area contributed by atoms with Crippen LogP contribution in [0.4, 0.5) is 0 Å². The number of rotatable bonds is 6. The second-order valence-corrected chi connectivity index (χ2v) is 9.07. The number of pyridine rings is 1. The Hall–Kier alpha value is -3.41. The standard InChI is InChI=1S/C27H31N3O3/c1-17(2)28-27(32)22-14-24(29-23-11-6-5-10-21(22)23)20-12-13-30(15-20)25(31)16-33-26-18(3)8-7-9-19(26)4/h5-11,14,17,20H,12-13,15-16H2,1-4H3,(H,28,32)/t20-/m1/s1. The van der Waals surface area contributed by atoms with E-state index in [1.807, 2.05) is 81.1 Å². The first-order chi connectivity index (χ1) is 15.8. The summed E-state index contributed by atoms with van der Waals surface area (Å²) in [5, 5.41) is 3.83. The largest absolute Gasteiger partial charge is 0.483 e. The first-order valence-electron chi connectivity index (χ1n) is 11.5. The van der Waals surface area contributed by atoms with Crippen LogP contribution >= 0.6 is 0 Å². The van der Waals surface area contributed by atoms with Gasteiger partial charge >= 0.3 is 0 Å². The van der Waals surface area contributed by atoms with Crippen LogP contribution in [0.15, 0.2) is 48.5 Å². The van der Waals surface area contributed by atoms with Gasteiger partial charge in [-0.15, -0.1) is 0 Å². The number of para-hydroxylation sites is 2. The van der Waals surface area contributed by atoms with Crippen molar-refractivity contribution in [1.29, 1.82) is 0 Å². The van der Waals surface area contributed by atoms with E-state index in [4.69, 9.17) is 9.72 Å². The van der Waals surface area contributed by atoms with E-state index in [1.54, 1.807) is 0 Å². The molecular weight excluding hydrogens is 414 g/mol. The maximum Gasteiger partial charge on any atom is 0.260 e. The number of benzene rings is 2. The summed E-state index contributed by atoms with van der Waals surface area (Å²) in [6.45, 7) is 9.11. The number of ether oxygens (including phenoxy) is 1. The van der Waals surface area contributed by atoms with Crippen LogP contribution in [0.5, 0.6) is 5.75 Å². The van der Waals surface area contributed by atoms with Crippen LogP contribution in [0.25, 0.3) is 10.9 Å². The molecule has 1 saturated heterocycles. The summed E-state index contributed by atoms with van der Waals surface area (Å²) in [7, 11) is 0. The summed E-state index contributed by atoms with van der Waals surface area (Å²) in [5.41, 5.74) is 4.33. The number of aryl methyl sites for hydroxylation is 2. The number of nitrogens with one attached hydrogen (secondary N) is 1. The fourth-order valence-corrected chi connectivity index (χ4v) is 4.41. The fraction of sp³-hybridized carbons (Fsp3) is 0.370. The Morgan fingerprint density at radius 1 is 1.12 bits per heavy atom. The maximum atomic E-state index is 12.9. The van der Waals surface area contributed by atoms with Gasteiger partial charge in [0.1, 0.15) is 5.75 Å². The average Bonchev–Trinajstić information content (AvgIpc) is 3.28. The normalized spacial score (nSPS) is 15.8. The lowest BCUT2D eigenvalue weighted by Crippen LogP contribution is -2.33. The summed E-state index contributed by atoms with van der Waals surface area (Å²) >= 11 is 0. The average molecular weight is 446 g/mol. The molecule has 2 heterocycles. The Bertz CT molecular complexity index is 1170. The van der Waals surface area contributed by atoms with Crippen molar-refractivity contribution < 1.29 is 14.3 Å². The van der Waals surface area contributed by atoms with Crippen molar-refractivity contribution in [2.75, 3.05) is 19.7 Å². The van der Waals surface area contributed by atoms with Gasteiger partial charge in [-0.05, 0) is 57.4 Å². The molecule has 6 heteroatoms. The van der Waals surface area contributed by atoms with Crippen LogP contribution in [0.1, 0.15) is 53.4 Å². The van der Waals surface area contributed by atoms with E-state index in [1.165, 1.54) is 0 Å². The third-order valence-corrected chi connectivity index (χ3v) is 6.11. The SMILES string of the molecule is Cc1cccc(C)c1OCC(=O)N1CC[C@@H](c2cc(C(=O)NC(C)C)c3ccccc3n2)C1. The molecule has 2 aromatic carbocycles. The Kier molecular flexibility index (Phi) is 6.63. The quantitative estimate of drug-likeness (QED) is 0.611. The highest BCUT2D eigenvalue weighted by atomic mass is 16.5. The Labute approximate surface area is 195 Å². The summed E-state index contributed by atoms with van der Waals surface area (Å²) < 4.78 is 5.87. The molecule has 1 aliphatic rings. The van der Waals surface area contributed by atoms with Gasteiger partial charge in [-0.1, -0.05) is 36.4 Å². The highest BCUT2D eigenvalue weighted by Gasteiger charge is 2.29. The van der Waals surface area contributed by atoms with Gasteiger partial charge in [-0.2, -0.15) is 0 Å². The second-order valence-electron chi connectivity index (χ2n) is 9.07. The number of carbonyl (C=O) groups excluding carboxylic acids is 2. The zero-order valence-electron chi connectivity index (χ0n) is 19.7. The molecule has 2 amide bonds. The van der Waals surface area contributed by atoms with Gasteiger partial charge in [0.25, 0.3) is 11.8 Å². The van der Waals surface area contributed by atoms with Crippen LogP contribution in [0.3, 0.4) is 0 Å². The fourth-order valence-electron chi connectivity index (χ4n) is 4.41. The molecule has 1 atom stereocenters. The van der Waals surface area contributed by atoms with Crippen molar-refractivity contribution in [3.8, 4) is 5.75 Å². The van der Waals surface area contributed by atoms with Crippen molar-refractivity contribution in [1.82, 2.24) is 15.2 Å². The Morgan fingerprint density at radius 2 is 1.85 bits per heavy atom. The lowest BCUT2D eigenvalue weighted by atomic mass is 9.99. The van der Waals surface area contributed by atoms with E-state index >= 15 is 0 Å². The second kappa shape index (κ2) is 9.61. The van der Waals surface area contributed by atoms with E-state index in [0.29, 0.717) is 18.7 Å². The summed E-state index contributed by atoms with van der Waals surface area (Å²) in [5.74, 6) is 0.736. The summed E-state index contributed by atoms with van der Waals surface area (Å²) in [6, 6.07) is 15.6. The van der Waals surface area contributed by atoms with Gasteiger partial charge in [-0.3, -0.25) is 14.6 Å². The molecule has 3 aromatic rings. The first kappa shape index (κ1) is 22.8. The number of aromatic nitrogens is 1. The van der Waals surface area contributed by atoms with E-state index in [0.717, 1.165) is 39.9 Å². The highest BCUT2D eigenvalue weighted by molar-refractivity contribution is 6.06. The van der Waals surface area contributed by atoms with Gasteiger partial charge < -0.3 is 15.0 Å². The third-order valence-electron chi connectivity index (χ3n) is 6.11. The first-order valence-corrected chi connectivity index (χ1v) is 11.5. The van der Waals surface area contributed by atoms with Gasteiger partial charge in [-0.25, -0.2) is 0 Å². The van der Waals surface area contributed by atoms with Crippen LogP contribution in [-0.4, -0.2) is 47.4 Å².